The summed E-state index contributed by atoms with van der Waals surface area (Å²) in [6.07, 6.45) is 6.89. The van der Waals surface area contributed by atoms with E-state index in [0.717, 1.165) is 17.9 Å². The standard InChI is InChI=1S/C11H19NO/c13-7-9-2-1-5-12(9)11-4-3-8-6-10(8)11/h8-11,13H,1-7H2. The van der Waals surface area contributed by atoms with E-state index >= 15 is 0 Å². The molecule has 4 unspecified atom stereocenters. The Hall–Kier alpha value is -0.0800. The highest BCUT2D eigenvalue weighted by molar-refractivity contribution is 5.04. The summed E-state index contributed by atoms with van der Waals surface area (Å²) < 4.78 is 0. The van der Waals surface area contributed by atoms with Gasteiger partial charge in [-0.2, -0.15) is 0 Å². The number of nitrogens with zero attached hydrogens (tertiary/aromatic N) is 1. The molecule has 2 saturated carbocycles. The average Bonchev–Trinajstić information content (AvgIpc) is 2.64. The average molecular weight is 181 g/mol. The van der Waals surface area contributed by atoms with Crippen LogP contribution in [0, 0.1) is 11.8 Å². The molecule has 0 aromatic rings. The third kappa shape index (κ3) is 1.23. The predicted octanol–water partition coefficient (Wildman–Crippen LogP) is 1.24. The largest absolute Gasteiger partial charge is 0.395 e. The second-order valence-electron chi connectivity index (χ2n) is 5.02. The lowest BCUT2D eigenvalue weighted by Gasteiger charge is -2.30. The Bertz CT molecular complexity index is 206. The van der Waals surface area contributed by atoms with Crippen molar-refractivity contribution in [1.29, 1.82) is 0 Å². The van der Waals surface area contributed by atoms with Crippen molar-refractivity contribution < 1.29 is 5.11 Å². The maximum Gasteiger partial charge on any atom is 0.0586 e. The van der Waals surface area contributed by atoms with Gasteiger partial charge >= 0.3 is 0 Å². The lowest BCUT2D eigenvalue weighted by atomic mass is 10.1. The molecule has 0 amide bonds. The van der Waals surface area contributed by atoms with E-state index in [1.807, 2.05) is 0 Å². The number of aliphatic hydroxyl groups excluding tert-OH is 1. The molecule has 3 aliphatic rings. The lowest BCUT2D eigenvalue weighted by Crippen LogP contribution is -2.41. The summed E-state index contributed by atoms with van der Waals surface area (Å²) in [5.41, 5.74) is 0. The molecule has 0 bridgehead atoms. The summed E-state index contributed by atoms with van der Waals surface area (Å²) in [6.45, 7) is 1.63. The van der Waals surface area contributed by atoms with E-state index in [-0.39, 0.29) is 0 Å². The Morgan fingerprint density at radius 1 is 1.23 bits per heavy atom. The van der Waals surface area contributed by atoms with Crippen LogP contribution in [-0.4, -0.2) is 35.2 Å². The second-order valence-corrected chi connectivity index (χ2v) is 5.02. The Balaban J connectivity index is 1.69. The summed E-state index contributed by atoms with van der Waals surface area (Å²) in [5, 5.41) is 9.25. The molecule has 2 aliphatic carbocycles. The van der Waals surface area contributed by atoms with Gasteiger partial charge < -0.3 is 5.11 Å². The Morgan fingerprint density at radius 3 is 2.77 bits per heavy atom. The first-order chi connectivity index (χ1) is 6.40. The van der Waals surface area contributed by atoms with E-state index in [1.165, 1.54) is 38.6 Å². The zero-order valence-corrected chi connectivity index (χ0v) is 8.15. The van der Waals surface area contributed by atoms with Crippen molar-refractivity contribution in [2.24, 2.45) is 11.8 Å². The molecule has 74 valence electrons. The maximum absolute atomic E-state index is 9.25. The molecule has 3 rings (SSSR count). The minimum Gasteiger partial charge on any atom is -0.395 e. The molecule has 1 aliphatic heterocycles. The molecule has 0 aromatic heterocycles. The number of likely N-dealkylation sites (tertiary alicyclic amines) is 1. The fourth-order valence-corrected chi connectivity index (χ4v) is 3.58. The first-order valence-electron chi connectivity index (χ1n) is 5.77. The summed E-state index contributed by atoms with van der Waals surface area (Å²) in [7, 11) is 0. The van der Waals surface area contributed by atoms with Crippen LogP contribution in [0.2, 0.25) is 0 Å². The minimum absolute atomic E-state index is 0.383. The third-order valence-corrected chi connectivity index (χ3v) is 4.36. The highest BCUT2D eigenvalue weighted by Crippen LogP contribution is 2.54. The van der Waals surface area contributed by atoms with Crippen LogP contribution in [0.1, 0.15) is 32.1 Å². The van der Waals surface area contributed by atoms with Gasteiger partial charge in [0.05, 0.1) is 6.61 Å². The first-order valence-corrected chi connectivity index (χ1v) is 5.77. The van der Waals surface area contributed by atoms with Gasteiger partial charge in [0.25, 0.3) is 0 Å². The molecule has 0 spiro atoms. The molecule has 1 heterocycles. The number of rotatable bonds is 2. The van der Waals surface area contributed by atoms with Crippen molar-refractivity contribution in [3.63, 3.8) is 0 Å². The van der Waals surface area contributed by atoms with Gasteiger partial charge in [-0.05, 0) is 50.5 Å². The van der Waals surface area contributed by atoms with Gasteiger partial charge in [0, 0.05) is 12.1 Å². The smallest absolute Gasteiger partial charge is 0.0586 e. The van der Waals surface area contributed by atoms with Gasteiger partial charge in [-0.3, -0.25) is 4.90 Å². The van der Waals surface area contributed by atoms with Crippen LogP contribution in [0.15, 0.2) is 0 Å². The van der Waals surface area contributed by atoms with Crippen molar-refractivity contribution in [2.75, 3.05) is 13.2 Å². The molecule has 1 saturated heterocycles. The Labute approximate surface area is 79.9 Å². The molecule has 1 N–H and O–H groups in total. The number of hydrogen-bond acceptors (Lipinski definition) is 2. The molecule has 13 heavy (non-hydrogen) atoms. The van der Waals surface area contributed by atoms with Gasteiger partial charge in [0.1, 0.15) is 0 Å². The number of aliphatic hydroxyl groups is 1. The molecule has 0 radical (unpaired) electrons. The van der Waals surface area contributed by atoms with Crippen LogP contribution in [0.4, 0.5) is 0 Å². The molecule has 2 heteroatoms. The van der Waals surface area contributed by atoms with Gasteiger partial charge in [0.15, 0.2) is 0 Å². The molecule has 2 nitrogen and oxygen atoms in total. The van der Waals surface area contributed by atoms with Gasteiger partial charge in [-0.1, -0.05) is 0 Å². The van der Waals surface area contributed by atoms with Crippen LogP contribution in [0.5, 0.6) is 0 Å². The summed E-state index contributed by atoms with van der Waals surface area (Å²) in [4.78, 5) is 2.61. The Kier molecular flexibility index (Phi) is 1.88. The van der Waals surface area contributed by atoms with Crippen LogP contribution >= 0.6 is 0 Å². The summed E-state index contributed by atoms with van der Waals surface area (Å²) >= 11 is 0. The predicted molar refractivity (Wildman–Crippen MR) is 51.4 cm³/mol. The van der Waals surface area contributed by atoms with Crippen LogP contribution < -0.4 is 0 Å². The lowest BCUT2D eigenvalue weighted by molar-refractivity contribution is 0.111. The van der Waals surface area contributed by atoms with E-state index in [2.05, 4.69) is 4.90 Å². The van der Waals surface area contributed by atoms with E-state index in [9.17, 15) is 5.11 Å². The second kappa shape index (κ2) is 2.96. The van der Waals surface area contributed by atoms with Gasteiger partial charge in [-0.15, -0.1) is 0 Å². The summed E-state index contributed by atoms with van der Waals surface area (Å²) in [6, 6.07) is 1.36. The van der Waals surface area contributed by atoms with Crippen LogP contribution in [-0.2, 0) is 0 Å². The number of hydrogen-bond donors (Lipinski definition) is 1. The molecule has 0 aromatic carbocycles. The fraction of sp³-hybridized carbons (Fsp3) is 1.00. The van der Waals surface area contributed by atoms with Crippen molar-refractivity contribution in [2.45, 2.75) is 44.2 Å². The molecule has 4 atom stereocenters. The summed E-state index contributed by atoms with van der Waals surface area (Å²) in [5.74, 6) is 2.09. The van der Waals surface area contributed by atoms with Crippen molar-refractivity contribution in [1.82, 2.24) is 4.90 Å². The van der Waals surface area contributed by atoms with Crippen LogP contribution in [0.25, 0.3) is 0 Å². The topological polar surface area (TPSA) is 23.5 Å². The third-order valence-electron chi connectivity index (χ3n) is 4.36. The van der Waals surface area contributed by atoms with E-state index < -0.39 is 0 Å². The SMILES string of the molecule is OCC1CCCN1C1CCC2CC21. The maximum atomic E-state index is 9.25. The zero-order valence-electron chi connectivity index (χ0n) is 8.15. The number of fused-ring (bicyclic) bond motifs is 1. The first kappa shape index (κ1) is 8.25. The normalized spacial score (nSPS) is 49.6. The van der Waals surface area contributed by atoms with E-state index in [4.69, 9.17) is 0 Å². The van der Waals surface area contributed by atoms with Crippen molar-refractivity contribution >= 4 is 0 Å². The van der Waals surface area contributed by atoms with E-state index in [0.29, 0.717) is 12.6 Å². The zero-order chi connectivity index (χ0) is 8.84. The molecular formula is C11H19NO. The van der Waals surface area contributed by atoms with Crippen LogP contribution in [0.3, 0.4) is 0 Å². The Morgan fingerprint density at radius 2 is 2.15 bits per heavy atom. The minimum atomic E-state index is 0.383. The van der Waals surface area contributed by atoms with Crippen molar-refractivity contribution in [3.05, 3.63) is 0 Å². The molecular weight excluding hydrogens is 162 g/mol. The van der Waals surface area contributed by atoms with Crippen molar-refractivity contribution in [3.8, 4) is 0 Å². The highest BCUT2D eigenvalue weighted by Gasteiger charge is 2.51. The monoisotopic (exact) mass is 181 g/mol. The highest BCUT2D eigenvalue weighted by atomic mass is 16.3. The molecule has 3 fully saturated rings. The fourth-order valence-electron chi connectivity index (χ4n) is 3.58. The van der Waals surface area contributed by atoms with Gasteiger partial charge in [-0.25, -0.2) is 0 Å². The van der Waals surface area contributed by atoms with Gasteiger partial charge in [0.2, 0.25) is 0 Å². The quantitative estimate of drug-likeness (QED) is 0.693. The van der Waals surface area contributed by atoms with E-state index in [1.54, 1.807) is 0 Å².